The van der Waals surface area contributed by atoms with Gasteiger partial charge in [-0.05, 0) is 42.9 Å². The van der Waals surface area contributed by atoms with Crippen LogP contribution >= 0.6 is 0 Å². The van der Waals surface area contributed by atoms with E-state index in [0.717, 1.165) is 35.7 Å². The van der Waals surface area contributed by atoms with Crippen LogP contribution in [0.2, 0.25) is 0 Å². The molecule has 0 aliphatic heterocycles. The van der Waals surface area contributed by atoms with Gasteiger partial charge in [0.1, 0.15) is 5.82 Å². The van der Waals surface area contributed by atoms with Crippen LogP contribution in [-0.4, -0.2) is 14.8 Å². The summed E-state index contributed by atoms with van der Waals surface area (Å²) in [5, 5.41) is 9.76. The van der Waals surface area contributed by atoms with E-state index in [9.17, 15) is 0 Å². The standard InChI is InChI=1S/C32H38N3.Ir/c1-8-32(9-2,27-13-11-10-12-14-27)31-34-33-30(26-18-16-25(17-19-26)22(3)4)35(31)29-20-15-24(7)21-28(29)23(5)6;/h10-18,20-23H,8-9H2,1-7H3;/q-1;. The minimum atomic E-state index is -0.247. The maximum absolute atomic E-state index is 4.93. The van der Waals surface area contributed by atoms with Crippen molar-refractivity contribution in [1.82, 2.24) is 14.8 Å². The van der Waals surface area contributed by atoms with Gasteiger partial charge in [-0.15, -0.1) is 40.5 Å². The fraction of sp³-hybridized carbons (Fsp3) is 0.375. The molecule has 1 heterocycles. The van der Waals surface area contributed by atoms with Crippen molar-refractivity contribution in [3.8, 4) is 17.1 Å². The second-order valence-corrected chi connectivity index (χ2v) is 10.2. The van der Waals surface area contributed by atoms with Crippen molar-refractivity contribution in [2.24, 2.45) is 0 Å². The van der Waals surface area contributed by atoms with Crippen molar-refractivity contribution in [2.45, 2.75) is 78.6 Å². The van der Waals surface area contributed by atoms with Gasteiger partial charge in [0.2, 0.25) is 0 Å². The van der Waals surface area contributed by atoms with Gasteiger partial charge in [0.25, 0.3) is 0 Å². The van der Waals surface area contributed by atoms with Crippen LogP contribution in [0.15, 0.2) is 66.7 Å². The van der Waals surface area contributed by atoms with Crippen molar-refractivity contribution in [1.29, 1.82) is 0 Å². The Kier molecular flexibility index (Phi) is 9.08. The predicted octanol–water partition coefficient (Wildman–Crippen LogP) is 8.39. The van der Waals surface area contributed by atoms with Crippen LogP contribution < -0.4 is 0 Å². The van der Waals surface area contributed by atoms with E-state index in [1.807, 2.05) is 0 Å². The van der Waals surface area contributed by atoms with Crippen molar-refractivity contribution in [2.75, 3.05) is 0 Å². The molecule has 0 unspecified atom stereocenters. The molecular weight excluding hydrogens is 619 g/mol. The van der Waals surface area contributed by atoms with Gasteiger partial charge in [0, 0.05) is 25.8 Å². The van der Waals surface area contributed by atoms with Gasteiger partial charge in [-0.2, -0.15) is 5.10 Å². The molecule has 0 fully saturated rings. The molecule has 3 nitrogen and oxygen atoms in total. The number of nitrogens with zero attached hydrogens (tertiary/aromatic N) is 3. The van der Waals surface area contributed by atoms with Crippen LogP contribution in [0.25, 0.3) is 17.1 Å². The molecule has 0 bridgehead atoms. The topological polar surface area (TPSA) is 30.7 Å². The Morgan fingerprint density at radius 2 is 1.56 bits per heavy atom. The molecule has 0 aliphatic rings. The third-order valence-corrected chi connectivity index (χ3v) is 7.41. The Bertz CT molecular complexity index is 1270. The summed E-state index contributed by atoms with van der Waals surface area (Å²) in [6.07, 6.45) is 1.87. The van der Waals surface area contributed by atoms with Crippen molar-refractivity contribution < 1.29 is 20.1 Å². The third kappa shape index (κ3) is 5.12. The zero-order valence-electron chi connectivity index (χ0n) is 22.6. The Morgan fingerprint density at radius 3 is 2.11 bits per heavy atom. The van der Waals surface area contributed by atoms with E-state index >= 15 is 0 Å². The average Bonchev–Trinajstić information content (AvgIpc) is 3.31. The van der Waals surface area contributed by atoms with Gasteiger partial charge < -0.3 is 4.57 Å². The molecule has 0 saturated heterocycles. The first-order chi connectivity index (χ1) is 16.8. The molecule has 0 spiro atoms. The molecule has 3 aromatic carbocycles. The number of aromatic nitrogens is 3. The maximum atomic E-state index is 4.93. The van der Waals surface area contributed by atoms with Gasteiger partial charge in [0.05, 0.1) is 11.2 Å². The summed E-state index contributed by atoms with van der Waals surface area (Å²) in [5.74, 6) is 2.68. The molecule has 0 aliphatic carbocycles. The van der Waals surface area contributed by atoms with Gasteiger partial charge >= 0.3 is 0 Å². The molecule has 0 N–H and O–H groups in total. The summed E-state index contributed by atoms with van der Waals surface area (Å²) in [7, 11) is 0. The first kappa shape index (κ1) is 28.0. The van der Waals surface area contributed by atoms with Gasteiger partial charge in [-0.25, -0.2) is 0 Å². The van der Waals surface area contributed by atoms with Crippen LogP contribution in [0.3, 0.4) is 0 Å². The molecule has 0 saturated carbocycles. The number of hydrogen-bond acceptors (Lipinski definition) is 2. The van der Waals surface area contributed by atoms with E-state index < -0.39 is 0 Å². The molecule has 4 aromatic rings. The summed E-state index contributed by atoms with van der Waals surface area (Å²) in [5.41, 5.74) is 7.01. The predicted molar refractivity (Wildman–Crippen MR) is 146 cm³/mol. The largest absolute Gasteiger partial charge is 0.319 e. The van der Waals surface area contributed by atoms with E-state index in [0.29, 0.717) is 11.8 Å². The number of aryl methyl sites for hydroxylation is 1. The van der Waals surface area contributed by atoms with Crippen molar-refractivity contribution >= 4 is 0 Å². The van der Waals surface area contributed by atoms with Crippen molar-refractivity contribution in [3.63, 3.8) is 0 Å². The molecular formula is C32H38IrN3-. The van der Waals surface area contributed by atoms with E-state index in [2.05, 4.69) is 126 Å². The monoisotopic (exact) mass is 657 g/mol. The van der Waals surface area contributed by atoms with Crippen molar-refractivity contribution in [3.05, 3.63) is 101 Å². The number of hydrogen-bond donors (Lipinski definition) is 0. The smallest absolute Gasteiger partial charge is 0.139 e. The normalized spacial score (nSPS) is 11.7. The van der Waals surface area contributed by atoms with Gasteiger partial charge in [-0.3, -0.25) is 0 Å². The number of benzene rings is 3. The molecule has 0 amide bonds. The summed E-state index contributed by atoms with van der Waals surface area (Å²) in [6.45, 7) is 15.6. The van der Waals surface area contributed by atoms with Crippen LogP contribution in [0.5, 0.6) is 0 Å². The summed E-state index contributed by atoms with van der Waals surface area (Å²) in [6, 6.07) is 27.5. The molecule has 4 rings (SSSR count). The van der Waals surface area contributed by atoms with E-state index in [1.165, 1.54) is 22.3 Å². The maximum Gasteiger partial charge on any atom is 0.139 e. The molecule has 4 heteroatoms. The van der Waals surface area contributed by atoms with Crippen LogP contribution in [-0.2, 0) is 25.5 Å². The van der Waals surface area contributed by atoms with Gasteiger partial charge in [0.15, 0.2) is 0 Å². The Hall–Kier alpha value is -2.55. The summed E-state index contributed by atoms with van der Waals surface area (Å²) >= 11 is 0. The molecule has 191 valence electrons. The minimum absolute atomic E-state index is 0. The summed E-state index contributed by atoms with van der Waals surface area (Å²) < 4.78 is 2.32. The molecule has 36 heavy (non-hydrogen) atoms. The Labute approximate surface area is 230 Å². The summed E-state index contributed by atoms with van der Waals surface area (Å²) in [4.78, 5) is 0. The molecule has 0 atom stereocenters. The fourth-order valence-corrected chi connectivity index (χ4v) is 5.13. The second kappa shape index (κ2) is 11.7. The Balaban J connectivity index is 0.00000361. The van der Waals surface area contributed by atoms with E-state index in [4.69, 9.17) is 10.2 Å². The Morgan fingerprint density at radius 1 is 0.861 bits per heavy atom. The number of rotatable bonds is 8. The van der Waals surface area contributed by atoms with Crippen LogP contribution in [0.1, 0.15) is 94.3 Å². The minimum Gasteiger partial charge on any atom is -0.319 e. The molecule has 1 aromatic heterocycles. The quantitative estimate of drug-likeness (QED) is 0.179. The third-order valence-electron chi connectivity index (χ3n) is 7.41. The average molecular weight is 657 g/mol. The first-order valence-electron chi connectivity index (χ1n) is 13.0. The second-order valence-electron chi connectivity index (χ2n) is 10.2. The first-order valence-corrected chi connectivity index (χ1v) is 13.0. The van der Waals surface area contributed by atoms with E-state index in [1.54, 1.807) is 0 Å². The van der Waals surface area contributed by atoms with E-state index in [-0.39, 0.29) is 25.5 Å². The van der Waals surface area contributed by atoms with Crippen LogP contribution in [0.4, 0.5) is 0 Å². The zero-order chi connectivity index (χ0) is 25.2. The molecule has 1 radical (unpaired) electrons. The zero-order valence-corrected chi connectivity index (χ0v) is 25.0. The van der Waals surface area contributed by atoms with Gasteiger partial charge in [-0.1, -0.05) is 95.5 Å². The van der Waals surface area contributed by atoms with Crippen LogP contribution in [0, 0.1) is 13.0 Å². The SMILES string of the molecule is CCC(CC)(c1ccccc1)c1nnc(-c2[c-]cc(C(C)C)cc2)n1-c1ccc(C)cc1C(C)C.[Ir]. The fourth-order valence-electron chi connectivity index (χ4n) is 5.13.